The summed E-state index contributed by atoms with van der Waals surface area (Å²) >= 11 is 0. The van der Waals surface area contributed by atoms with E-state index >= 15 is 0 Å². The molecule has 5 nitrogen and oxygen atoms in total. The Morgan fingerprint density at radius 2 is 1.81 bits per heavy atom. The molecule has 0 N–H and O–H groups in total. The van der Waals surface area contributed by atoms with Crippen molar-refractivity contribution in [1.82, 2.24) is 4.90 Å². The highest BCUT2D eigenvalue weighted by atomic mass is 19.4. The van der Waals surface area contributed by atoms with Crippen LogP contribution in [0.25, 0.3) is 0 Å². The standard InChI is InChI=1S/C19H18F3N3O2/c1-12-9-16(13(2)27-12)18(26)25-7-5-24(6-8-25)17-4-3-15(19(20,21)22)10-14(17)11-23/h3-4,9-10H,5-8H2,1-2H3. The van der Waals surface area contributed by atoms with Crippen molar-refractivity contribution in [2.75, 3.05) is 31.1 Å². The van der Waals surface area contributed by atoms with E-state index in [0.717, 1.165) is 12.1 Å². The second-order valence-electron chi connectivity index (χ2n) is 6.45. The lowest BCUT2D eigenvalue weighted by atomic mass is 10.1. The van der Waals surface area contributed by atoms with Crippen molar-refractivity contribution in [2.24, 2.45) is 0 Å². The fraction of sp³-hybridized carbons (Fsp3) is 0.368. The van der Waals surface area contributed by atoms with Crippen molar-refractivity contribution in [3.63, 3.8) is 0 Å². The van der Waals surface area contributed by atoms with Crippen LogP contribution >= 0.6 is 0 Å². The smallest absolute Gasteiger partial charge is 0.416 e. The van der Waals surface area contributed by atoms with Gasteiger partial charge in [0.25, 0.3) is 5.91 Å². The number of aryl methyl sites for hydroxylation is 2. The molecule has 1 aromatic heterocycles. The van der Waals surface area contributed by atoms with Crippen LogP contribution in [0.3, 0.4) is 0 Å². The lowest BCUT2D eigenvalue weighted by Gasteiger charge is -2.36. The molecule has 0 aliphatic carbocycles. The van der Waals surface area contributed by atoms with Gasteiger partial charge in [0.05, 0.1) is 22.4 Å². The van der Waals surface area contributed by atoms with Gasteiger partial charge in [-0.05, 0) is 38.1 Å². The average Bonchev–Trinajstić information content (AvgIpc) is 2.98. The molecule has 0 saturated carbocycles. The van der Waals surface area contributed by atoms with Gasteiger partial charge in [0.2, 0.25) is 0 Å². The van der Waals surface area contributed by atoms with E-state index in [1.165, 1.54) is 6.07 Å². The SMILES string of the molecule is Cc1cc(C(=O)N2CCN(c3ccc(C(F)(F)F)cc3C#N)CC2)c(C)o1. The Bertz CT molecular complexity index is 904. The molecule has 27 heavy (non-hydrogen) atoms. The lowest BCUT2D eigenvalue weighted by molar-refractivity contribution is -0.137. The van der Waals surface area contributed by atoms with Crippen LogP contribution < -0.4 is 4.90 Å². The van der Waals surface area contributed by atoms with Crippen LogP contribution in [-0.2, 0) is 6.18 Å². The van der Waals surface area contributed by atoms with Crippen LogP contribution in [0.4, 0.5) is 18.9 Å². The third kappa shape index (κ3) is 3.77. The van der Waals surface area contributed by atoms with E-state index in [-0.39, 0.29) is 11.5 Å². The molecule has 1 aliphatic rings. The molecule has 142 valence electrons. The Hall–Kier alpha value is -2.95. The van der Waals surface area contributed by atoms with Crippen molar-refractivity contribution in [2.45, 2.75) is 20.0 Å². The summed E-state index contributed by atoms with van der Waals surface area (Å²) in [6, 6.07) is 6.71. The number of alkyl halides is 3. The van der Waals surface area contributed by atoms with Gasteiger partial charge in [0, 0.05) is 26.2 Å². The normalized spacial score (nSPS) is 15.0. The number of benzene rings is 1. The molecule has 1 saturated heterocycles. The van der Waals surface area contributed by atoms with Gasteiger partial charge in [-0.1, -0.05) is 0 Å². The van der Waals surface area contributed by atoms with Crippen molar-refractivity contribution < 1.29 is 22.4 Å². The van der Waals surface area contributed by atoms with Crippen LogP contribution in [0.5, 0.6) is 0 Å². The van der Waals surface area contributed by atoms with Gasteiger partial charge < -0.3 is 14.2 Å². The van der Waals surface area contributed by atoms with E-state index in [9.17, 15) is 23.2 Å². The Labute approximate surface area is 154 Å². The molecule has 2 aromatic rings. The van der Waals surface area contributed by atoms with Gasteiger partial charge in [-0.25, -0.2) is 0 Å². The lowest BCUT2D eigenvalue weighted by Crippen LogP contribution is -2.49. The van der Waals surface area contributed by atoms with Gasteiger partial charge in [-0.15, -0.1) is 0 Å². The number of furan rings is 1. The summed E-state index contributed by atoms with van der Waals surface area (Å²) < 4.78 is 43.9. The number of halogens is 3. The molecule has 1 fully saturated rings. The summed E-state index contributed by atoms with van der Waals surface area (Å²) in [4.78, 5) is 16.1. The molecule has 0 spiro atoms. The molecule has 2 heterocycles. The number of nitrogens with zero attached hydrogens (tertiary/aromatic N) is 3. The quantitative estimate of drug-likeness (QED) is 0.800. The second-order valence-corrected chi connectivity index (χ2v) is 6.45. The number of hydrogen-bond acceptors (Lipinski definition) is 4. The number of carbonyl (C=O) groups is 1. The number of piperazine rings is 1. The predicted octanol–water partition coefficient (Wildman–Crippen LogP) is 3.75. The van der Waals surface area contributed by atoms with Gasteiger partial charge in [0.1, 0.15) is 17.6 Å². The van der Waals surface area contributed by atoms with Crippen LogP contribution in [-0.4, -0.2) is 37.0 Å². The molecule has 1 aromatic carbocycles. The van der Waals surface area contributed by atoms with Gasteiger partial charge in [-0.2, -0.15) is 18.4 Å². The first-order chi connectivity index (χ1) is 12.7. The molecule has 8 heteroatoms. The molecule has 3 rings (SSSR count). The number of amides is 1. The maximum absolute atomic E-state index is 12.8. The van der Waals surface area contributed by atoms with Gasteiger partial charge in [0.15, 0.2) is 0 Å². The molecule has 0 unspecified atom stereocenters. The van der Waals surface area contributed by atoms with E-state index in [4.69, 9.17) is 4.42 Å². The maximum atomic E-state index is 12.8. The molecular weight excluding hydrogens is 359 g/mol. The second kappa shape index (κ2) is 6.99. The summed E-state index contributed by atoms with van der Waals surface area (Å²) in [6.45, 7) is 5.19. The largest absolute Gasteiger partial charge is 0.466 e. The third-order valence-corrected chi connectivity index (χ3v) is 4.62. The van der Waals surface area contributed by atoms with E-state index in [1.807, 2.05) is 11.0 Å². The van der Waals surface area contributed by atoms with Crippen LogP contribution in [0.15, 0.2) is 28.7 Å². The topological polar surface area (TPSA) is 60.5 Å². The monoisotopic (exact) mass is 377 g/mol. The zero-order valence-electron chi connectivity index (χ0n) is 14.9. The van der Waals surface area contributed by atoms with Gasteiger partial charge >= 0.3 is 6.18 Å². The molecule has 0 bridgehead atoms. The zero-order chi connectivity index (χ0) is 19.8. The first-order valence-electron chi connectivity index (χ1n) is 8.43. The summed E-state index contributed by atoms with van der Waals surface area (Å²) in [7, 11) is 0. The van der Waals surface area contributed by atoms with E-state index < -0.39 is 11.7 Å². The molecule has 0 radical (unpaired) electrons. The van der Waals surface area contributed by atoms with Crippen molar-refractivity contribution in [3.8, 4) is 6.07 Å². The Morgan fingerprint density at radius 3 is 2.33 bits per heavy atom. The van der Waals surface area contributed by atoms with Crippen molar-refractivity contribution in [1.29, 1.82) is 5.26 Å². The molecular formula is C19H18F3N3O2. The number of hydrogen-bond donors (Lipinski definition) is 0. The van der Waals surface area contributed by atoms with E-state index in [2.05, 4.69) is 0 Å². The minimum absolute atomic E-state index is 0.0223. The summed E-state index contributed by atoms with van der Waals surface area (Å²) in [5, 5.41) is 9.24. The number of anilines is 1. The number of rotatable bonds is 2. The Morgan fingerprint density at radius 1 is 1.15 bits per heavy atom. The zero-order valence-corrected chi connectivity index (χ0v) is 14.9. The maximum Gasteiger partial charge on any atom is 0.416 e. The fourth-order valence-corrected chi connectivity index (χ4v) is 3.24. The van der Waals surface area contributed by atoms with Crippen LogP contribution in [0, 0.1) is 25.2 Å². The fourth-order valence-electron chi connectivity index (χ4n) is 3.24. The molecule has 1 amide bonds. The summed E-state index contributed by atoms with van der Waals surface area (Å²) in [5.74, 6) is 1.10. The molecule has 1 aliphatic heterocycles. The van der Waals surface area contributed by atoms with Crippen molar-refractivity contribution in [3.05, 3.63) is 52.5 Å². The Kier molecular flexibility index (Phi) is 4.87. The predicted molar refractivity (Wildman–Crippen MR) is 92.5 cm³/mol. The highest BCUT2D eigenvalue weighted by molar-refractivity contribution is 5.95. The average molecular weight is 377 g/mol. The summed E-state index contributed by atoms with van der Waals surface area (Å²) in [5.41, 5.74) is 0.106. The number of carbonyl (C=O) groups excluding carboxylic acids is 1. The highest BCUT2D eigenvalue weighted by Gasteiger charge is 2.32. The van der Waals surface area contributed by atoms with Crippen LogP contribution in [0.1, 0.15) is 33.0 Å². The van der Waals surface area contributed by atoms with Gasteiger partial charge in [-0.3, -0.25) is 4.79 Å². The van der Waals surface area contributed by atoms with Crippen LogP contribution in [0.2, 0.25) is 0 Å². The van der Waals surface area contributed by atoms with E-state index in [1.54, 1.807) is 24.8 Å². The van der Waals surface area contributed by atoms with E-state index in [0.29, 0.717) is 49.0 Å². The highest BCUT2D eigenvalue weighted by Crippen LogP contribution is 2.33. The summed E-state index contributed by atoms with van der Waals surface area (Å²) in [6.07, 6.45) is -4.49. The molecule has 0 atom stereocenters. The first kappa shape index (κ1) is 18.8. The Balaban J connectivity index is 1.73. The first-order valence-corrected chi connectivity index (χ1v) is 8.43. The third-order valence-electron chi connectivity index (χ3n) is 4.62. The minimum atomic E-state index is -4.49. The number of nitriles is 1. The van der Waals surface area contributed by atoms with Crippen molar-refractivity contribution >= 4 is 11.6 Å². The minimum Gasteiger partial charge on any atom is -0.466 e.